The van der Waals surface area contributed by atoms with Crippen LogP contribution in [0.1, 0.15) is 68.4 Å². The summed E-state index contributed by atoms with van der Waals surface area (Å²) in [5, 5.41) is 3.28. The third-order valence-corrected chi connectivity index (χ3v) is 3.43. The van der Waals surface area contributed by atoms with Crippen molar-refractivity contribution in [2.45, 2.75) is 68.4 Å². The Bertz CT molecular complexity index is 515. The van der Waals surface area contributed by atoms with Crippen LogP contribution in [-0.4, -0.2) is 15.4 Å². The van der Waals surface area contributed by atoms with Gasteiger partial charge in [-0.3, -0.25) is 0 Å². The molecule has 0 bridgehead atoms. The topological polar surface area (TPSA) is 28.2 Å². The van der Waals surface area contributed by atoms with Gasteiger partial charge in [0.1, 0.15) is 11.6 Å². The minimum absolute atomic E-state index is 0. The first kappa shape index (κ1) is 23.5. The molecule has 2 heterocycles. The molecule has 3 nitrogen and oxygen atoms in total. The number of pyridine rings is 1. The van der Waals surface area contributed by atoms with Crippen molar-refractivity contribution in [3.63, 3.8) is 0 Å². The maximum Gasteiger partial charge on any atom is 0.140 e. The molecule has 132 valence electrons. The molecule has 2 rings (SSSR count). The second kappa shape index (κ2) is 9.39. The van der Waals surface area contributed by atoms with E-state index in [0.29, 0.717) is 5.92 Å². The van der Waals surface area contributed by atoms with Gasteiger partial charge in [0.05, 0.1) is 0 Å². The lowest BCUT2D eigenvalue weighted by Crippen LogP contribution is -2.46. The van der Waals surface area contributed by atoms with Gasteiger partial charge in [0, 0.05) is 23.0 Å². The quantitative estimate of drug-likeness (QED) is 0.701. The number of nitrogens with zero attached hydrogens (tertiary/aromatic N) is 2. The van der Waals surface area contributed by atoms with E-state index in [1.54, 1.807) is 6.20 Å². The Morgan fingerprint density at radius 1 is 1.22 bits per heavy atom. The SMILES string of the molecule is C.C.C=C1Nc2ncccc2C(=C)N1C(C)(C)CC(C)C.CC. The highest BCUT2D eigenvalue weighted by Gasteiger charge is 2.34. The van der Waals surface area contributed by atoms with Gasteiger partial charge < -0.3 is 10.2 Å². The molecule has 1 aliphatic heterocycles. The van der Waals surface area contributed by atoms with Crippen molar-refractivity contribution in [3.8, 4) is 0 Å². The fourth-order valence-corrected chi connectivity index (χ4v) is 3.03. The molecule has 0 saturated carbocycles. The molecule has 0 aliphatic carbocycles. The van der Waals surface area contributed by atoms with Crippen LogP contribution < -0.4 is 5.32 Å². The van der Waals surface area contributed by atoms with Crippen molar-refractivity contribution >= 4 is 11.5 Å². The van der Waals surface area contributed by atoms with Crippen molar-refractivity contribution in [1.29, 1.82) is 0 Å². The van der Waals surface area contributed by atoms with Crippen molar-refractivity contribution < 1.29 is 0 Å². The van der Waals surface area contributed by atoms with Crippen LogP contribution in [0.2, 0.25) is 0 Å². The highest BCUT2D eigenvalue weighted by molar-refractivity contribution is 5.77. The van der Waals surface area contributed by atoms with Crippen molar-refractivity contribution in [2.24, 2.45) is 5.92 Å². The van der Waals surface area contributed by atoms with Gasteiger partial charge in [-0.2, -0.15) is 0 Å². The molecule has 0 fully saturated rings. The van der Waals surface area contributed by atoms with Crippen molar-refractivity contribution in [3.05, 3.63) is 42.9 Å². The van der Waals surface area contributed by atoms with E-state index in [2.05, 4.69) is 56.1 Å². The molecular formula is C20H37N3. The Morgan fingerprint density at radius 3 is 2.30 bits per heavy atom. The predicted octanol–water partition coefficient (Wildman–Crippen LogP) is 6.37. The zero-order chi connectivity index (χ0) is 16.2. The van der Waals surface area contributed by atoms with Crippen LogP contribution in [0.25, 0.3) is 5.70 Å². The molecule has 0 saturated heterocycles. The van der Waals surface area contributed by atoms with Crippen LogP contribution >= 0.6 is 0 Å². The summed E-state index contributed by atoms with van der Waals surface area (Å²) < 4.78 is 0. The fraction of sp³-hybridized carbons (Fsp3) is 0.550. The van der Waals surface area contributed by atoms with Crippen molar-refractivity contribution in [2.75, 3.05) is 5.32 Å². The fourth-order valence-electron chi connectivity index (χ4n) is 3.03. The average Bonchev–Trinajstić information content (AvgIpc) is 2.39. The van der Waals surface area contributed by atoms with E-state index in [9.17, 15) is 0 Å². The molecule has 1 aromatic rings. The first-order valence-electron chi connectivity index (χ1n) is 7.73. The molecule has 0 aromatic carbocycles. The number of anilines is 1. The van der Waals surface area contributed by atoms with E-state index in [1.807, 2.05) is 26.0 Å². The summed E-state index contributed by atoms with van der Waals surface area (Å²) in [4.78, 5) is 6.53. The standard InChI is InChI=1S/C16H23N3.C2H6.2CH4/c1-11(2)10-16(5,6)19-12(3)14-8-7-9-17-15(14)18-13(19)4;1-2;;/h7-9,11H,3-4,10H2,1-2,5-6H3,(H,17,18);1-2H3;2*1H4. The number of hydrogen-bond donors (Lipinski definition) is 1. The maximum atomic E-state index is 4.34. The molecule has 1 N–H and O–H groups in total. The third-order valence-electron chi connectivity index (χ3n) is 3.43. The highest BCUT2D eigenvalue weighted by atomic mass is 15.3. The number of fused-ring (bicyclic) bond motifs is 1. The van der Waals surface area contributed by atoms with Gasteiger partial charge in [0.2, 0.25) is 0 Å². The molecule has 0 radical (unpaired) electrons. The first-order valence-corrected chi connectivity index (χ1v) is 7.73. The van der Waals surface area contributed by atoms with Gasteiger partial charge in [-0.15, -0.1) is 0 Å². The number of hydrogen-bond acceptors (Lipinski definition) is 3. The van der Waals surface area contributed by atoms with E-state index in [0.717, 1.165) is 29.3 Å². The summed E-state index contributed by atoms with van der Waals surface area (Å²) in [6, 6.07) is 3.98. The lowest BCUT2D eigenvalue weighted by Gasteiger charge is -2.46. The molecule has 1 aromatic heterocycles. The van der Waals surface area contributed by atoms with E-state index >= 15 is 0 Å². The molecule has 3 heteroatoms. The smallest absolute Gasteiger partial charge is 0.140 e. The van der Waals surface area contributed by atoms with Crippen LogP contribution in [0.3, 0.4) is 0 Å². The van der Waals surface area contributed by atoms with Gasteiger partial charge in [-0.05, 0) is 38.3 Å². The Kier molecular flexibility index (Phi) is 9.59. The predicted molar refractivity (Wildman–Crippen MR) is 106 cm³/mol. The Balaban J connectivity index is 0. The second-order valence-electron chi connectivity index (χ2n) is 6.16. The lowest BCUT2D eigenvalue weighted by molar-refractivity contribution is 0.207. The Hall–Kier alpha value is -1.77. The summed E-state index contributed by atoms with van der Waals surface area (Å²) in [5.74, 6) is 2.31. The summed E-state index contributed by atoms with van der Waals surface area (Å²) >= 11 is 0. The summed E-state index contributed by atoms with van der Waals surface area (Å²) in [5.41, 5.74) is 1.99. The molecular weight excluding hydrogens is 282 g/mol. The number of rotatable bonds is 3. The molecule has 0 spiro atoms. The highest BCUT2D eigenvalue weighted by Crippen LogP contribution is 2.39. The van der Waals surface area contributed by atoms with Gasteiger partial charge >= 0.3 is 0 Å². The van der Waals surface area contributed by atoms with Crippen LogP contribution in [0, 0.1) is 5.92 Å². The van der Waals surface area contributed by atoms with Gasteiger partial charge in [0.25, 0.3) is 0 Å². The summed E-state index contributed by atoms with van der Waals surface area (Å²) in [6.45, 7) is 21.3. The van der Waals surface area contributed by atoms with Gasteiger partial charge in [-0.1, -0.05) is 55.7 Å². The number of nitrogens with one attached hydrogen (secondary N) is 1. The van der Waals surface area contributed by atoms with Crippen LogP contribution in [-0.2, 0) is 0 Å². The minimum atomic E-state index is -0.0249. The van der Waals surface area contributed by atoms with Gasteiger partial charge in [-0.25, -0.2) is 4.98 Å². The second-order valence-corrected chi connectivity index (χ2v) is 6.16. The lowest BCUT2D eigenvalue weighted by atomic mass is 9.89. The summed E-state index contributed by atoms with van der Waals surface area (Å²) in [7, 11) is 0. The van der Waals surface area contributed by atoms with E-state index in [1.165, 1.54) is 0 Å². The van der Waals surface area contributed by atoms with Crippen LogP contribution in [0.5, 0.6) is 0 Å². The van der Waals surface area contributed by atoms with Gasteiger partial charge in [0.15, 0.2) is 0 Å². The van der Waals surface area contributed by atoms with E-state index < -0.39 is 0 Å². The Labute approximate surface area is 144 Å². The summed E-state index contributed by atoms with van der Waals surface area (Å²) in [6.07, 6.45) is 2.85. The molecule has 0 unspecified atom stereocenters. The molecule has 1 aliphatic rings. The zero-order valence-electron chi connectivity index (χ0n) is 14.3. The number of aromatic nitrogens is 1. The normalized spacial score (nSPS) is 13.1. The Morgan fingerprint density at radius 2 is 1.78 bits per heavy atom. The van der Waals surface area contributed by atoms with Crippen LogP contribution in [0.15, 0.2) is 37.3 Å². The molecule has 0 amide bonds. The van der Waals surface area contributed by atoms with Crippen LogP contribution in [0.4, 0.5) is 5.82 Å². The molecule has 0 atom stereocenters. The van der Waals surface area contributed by atoms with E-state index in [4.69, 9.17) is 0 Å². The monoisotopic (exact) mass is 319 g/mol. The first-order chi connectivity index (χ1) is 9.83. The largest absolute Gasteiger partial charge is 0.326 e. The van der Waals surface area contributed by atoms with Crippen molar-refractivity contribution in [1.82, 2.24) is 9.88 Å². The zero-order valence-corrected chi connectivity index (χ0v) is 14.3. The maximum absolute atomic E-state index is 4.34. The minimum Gasteiger partial charge on any atom is -0.326 e. The van der Waals surface area contributed by atoms with E-state index in [-0.39, 0.29) is 20.4 Å². The third kappa shape index (κ3) is 5.12. The molecule has 23 heavy (non-hydrogen) atoms. The average molecular weight is 320 g/mol.